The van der Waals surface area contributed by atoms with Crippen LogP contribution in [0.1, 0.15) is 12.5 Å². The van der Waals surface area contributed by atoms with Crippen LogP contribution in [-0.4, -0.2) is 9.97 Å². The molecule has 0 unspecified atom stereocenters. The van der Waals surface area contributed by atoms with Gasteiger partial charge in [0, 0.05) is 5.69 Å². The van der Waals surface area contributed by atoms with Crippen LogP contribution in [0, 0.1) is 0 Å². The summed E-state index contributed by atoms with van der Waals surface area (Å²) in [7, 11) is 0. The zero-order valence-electron chi connectivity index (χ0n) is 11.2. The Morgan fingerprint density at radius 3 is 2.60 bits per heavy atom. The molecule has 0 saturated carbocycles. The van der Waals surface area contributed by atoms with E-state index in [0.717, 1.165) is 23.1 Å². The minimum absolute atomic E-state index is 0.520. The molecule has 0 radical (unpaired) electrons. The Balaban J connectivity index is 1.99. The van der Waals surface area contributed by atoms with Gasteiger partial charge >= 0.3 is 0 Å². The Morgan fingerprint density at radius 2 is 1.85 bits per heavy atom. The first-order valence-electron chi connectivity index (χ1n) is 6.53. The second-order valence-corrected chi connectivity index (χ2v) is 4.55. The normalized spacial score (nSPS) is 10.7. The predicted octanol–water partition coefficient (Wildman–Crippen LogP) is 3.57. The molecule has 4 nitrogen and oxygen atoms in total. The Labute approximate surface area is 117 Å². The SMILES string of the molecule is CCc1ccc(Oc2ncnc3ccc(N)cc23)cc1. The van der Waals surface area contributed by atoms with Crippen molar-refractivity contribution in [3.05, 3.63) is 54.4 Å². The van der Waals surface area contributed by atoms with E-state index in [9.17, 15) is 0 Å². The Kier molecular flexibility index (Phi) is 3.21. The molecule has 0 atom stereocenters. The summed E-state index contributed by atoms with van der Waals surface area (Å²) in [4.78, 5) is 8.40. The maximum absolute atomic E-state index is 5.84. The van der Waals surface area contributed by atoms with Crippen molar-refractivity contribution in [2.45, 2.75) is 13.3 Å². The fourth-order valence-corrected chi connectivity index (χ4v) is 2.04. The molecule has 20 heavy (non-hydrogen) atoms. The highest BCUT2D eigenvalue weighted by Gasteiger charge is 2.06. The lowest BCUT2D eigenvalue weighted by Crippen LogP contribution is -1.93. The van der Waals surface area contributed by atoms with Crippen LogP contribution in [0.25, 0.3) is 10.9 Å². The van der Waals surface area contributed by atoms with Crippen LogP contribution in [0.3, 0.4) is 0 Å². The van der Waals surface area contributed by atoms with E-state index < -0.39 is 0 Å². The monoisotopic (exact) mass is 265 g/mol. The molecule has 0 spiro atoms. The Morgan fingerprint density at radius 1 is 1.05 bits per heavy atom. The molecule has 2 aromatic carbocycles. The third kappa shape index (κ3) is 2.40. The highest BCUT2D eigenvalue weighted by molar-refractivity contribution is 5.86. The maximum atomic E-state index is 5.84. The maximum Gasteiger partial charge on any atom is 0.230 e. The van der Waals surface area contributed by atoms with E-state index in [1.54, 1.807) is 0 Å². The zero-order chi connectivity index (χ0) is 13.9. The summed E-state index contributed by atoms with van der Waals surface area (Å²) in [6.07, 6.45) is 2.50. The molecule has 0 fully saturated rings. The molecule has 0 aliphatic rings. The average molecular weight is 265 g/mol. The second-order valence-electron chi connectivity index (χ2n) is 4.55. The van der Waals surface area contributed by atoms with Gasteiger partial charge in [0.1, 0.15) is 12.1 Å². The van der Waals surface area contributed by atoms with Gasteiger partial charge in [-0.1, -0.05) is 19.1 Å². The van der Waals surface area contributed by atoms with E-state index in [1.807, 2.05) is 42.5 Å². The number of benzene rings is 2. The predicted molar refractivity (Wildman–Crippen MR) is 79.8 cm³/mol. The first-order chi connectivity index (χ1) is 9.76. The van der Waals surface area contributed by atoms with Gasteiger partial charge in [-0.2, -0.15) is 0 Å². The van der Waals surface area contributed by atoms with Crippen molar-refractivity contribution in [2.75, 3.05) is 5.73 Å². The van der Waals surface area contributed by atoms with E-state index in [4.69, 9.17) is 10.5 Å². The zero-order valence-corrected chi connectivity index (χ0v) is 11.2. The van der Waals surface area contributed by atoms with Crippen molar-refractivity contribution >= 4 is 16.6 Å². The smallest absolute Gasteiger partial charge is 0.230 e. The van der Waals surface area contributed by atoms with E-state index >= 15 is 0 Å². The molecule has 0 aliphatic heterocycles. The van der Waals surface area contributed by atoms with Crippen molar-refractivity contribution in [1.29, 1.82) is 0 Å². The molecule has 1 aromatic heterocycles. The van der Waals surface area contributed by atoms with Crippen LogP contribution >= 0.6 is 0 Å². The number of nitrogens with zero attached hydrogens (tertiary/aromatic N) is 2. The van der Waals surface area contributed by atoms with Crippen molar-refractivity contribution in [1.82, 2.24) is 9.97 Å². The number of hydrogen-bond donors (Lipinski definition) is 1. The number of aromatic nitrogens is 2. The van der Waals surface area contributed by atoms with Gasteiger partial charge in [-0.25, -0.2) is 9.97 Å². The molecule has 100 valence electrons. The van der Waals surface area contributed by atoms with Gasteiger partial charge < -0.3 is 10.5 Å². The third-order valence-corrected chi connectivity index (χ3v) is 3.17. The molecule has 2 N–H and O–H groups in total. The van der Waals surface area contributed by atoms with Crippen LogP contribution in [0.15, 0.2) is 48.8 Å². The van der Waals surface area contributed by atoms with Gasteiger partial charge in [-0.3, -0.25) is 0 Å². The molecule has 4 heteroatoms. The molecule has 0 saturated heterocycles. The van der Waals surface area contributed by atoms with Crippen LogP contribution in [-0.2, 0) is 6.42 Å². The summed E-state index contributed by atoms with van der Waals surface area (Å²) in [6, 6.07) is 13.5. The number of rotatable bonds is 3. The van der Waals surface area contributed by atoms with Crippen LogP contribution in [0.4, 0.5) is 5.69 Å². The Hall–Kier alpha value is -2.62. The molecule has 1 heterocycles. The van der Waals surface area contributed by atoms with Crippen molar-refractivity contribution in [3.8, 4) is 11.6 Å². The van der Waals surface area contributed by atoms with E-state index in [0.29, 0.717) is 11.6 Å². The highest BCUT2D eigenvalue weighted by atomic mass is 16.5. The fraction of sp³-hybridized carbons (Fsp3) is 0.125. The first kappa shape index (κ1) is 12.4. The summed E-state index contributed by atoms with van der Waals surface area (Å²) in [5.74, 6) is 1.27. The number of nitrogens with two attached hydrogens (primary N) is 1. The fourth-order valence-electron chi connectivity index (χ4n) is 2.04. The van der Waals surface area contributed by atoms with Crippen LogP contribution < -0.4 is 10.5 Å². The summed E-state index contributed by atoms with van der Waals surface area (Å²) in [6.45, 7) is 2.12. The number of aryl methyl sites for hydroxylation is 1. The van der Waals surface area contributed by atoms with Crippen molar-refractivity contribution < 1.29 is 4.74 Å². The highest BCUT2D eigenvalue weighted by Crippen LogP contribution is 2.28. The molecular formula is C16H15N3O. The lowest BCUT2D eigenvalue weighted by Gasteiger charge is -2.08. The van der Waals surface area contributed by atoms with Gasteiger partial charge in [-0.15, -0.1) is 0 Å². The van der Waals surface area contributed by atoms with Gasteiger partial charge in [0.15, 0.2) is 0 Å². The summed E-state index contributed by atoms with van der Waals surface area (Å²) >= 11 is 0. The molecule has 3 aromatic rings. The van der Waals surface area contributed by atoms with Gasteiger partial charge in [0.05, 0.1) is 10.9 Å². The number of ether oxygens (including phenoxy) is 1. The van der Waals surface area contributed by atoms with Crippen molar-refractivity contribution in [2.24, 2.45) is 0 Å². The summed E-state index contributed by atoms with van der Waals surface area (Å²) < 4.78 is 5.84. The van der Waals surface area contributed by atoms with Crippen LogP contribution in [0.5, 0.6) is 11.6 Å². The summed E-state index contributed by atoms with van der Waals surface area (Å²) in [5, 5.41) is 0.812. The molecule has 3 rings (SSSR count). The molecule has 0 amide bonds. The van der Waals surface area contributed by atoms with Crippen molar-refractivity contribution in [3.63, 3.8) is 0 Å². The van der Waals surface area contributed by atoms with Gasteiger partial charge in [0.2, 0.25) is 5.88 Å². The van der Waals surface area contributed by atoms with Gasteiger partial charge in [0.25, 0.3) is 0 Å². The van der Waals surface area contributed by atoms with Crippen LogP contribution in [0.2, 0.25) is 0 Å². The number of fused-ring (bicyclic) bond motifs is 1. The van der Waals surface area contributed by atoms with E-state index in [1.165, 1.54) is 11.9 Å². The average Bonchev–Trinajstić information content (AvgIpc) is 2.49. The van der Waals surface area contributed by atoms with E-state index in [2.05, 4.69) is 16.9 Å². The lowest BCUT2D eigenvalue weighted by molar-refractivity contribution is 0.468. The minimum Gasteiger partial charge on any atom is -0.438 e. The minimum atomic E-state index is 0.520. The summed E-state index contributed by atoms with van der Waals surface area (Å²) in [5.41, 5.74) is 8.56. The number of hydrogen-bond acceptors (Lipinski definition) is 4. The topological polar surface area (TPSA) is 61.0 Å². The standard InChI is InChI=1S/C16H15N3O/c1-2-11-3-6-13(7-4-11)20-16-14-9-12(17)5-8-15(14)18-10-19-16/h3-10H,2,17H2,1H3. The quantitative estimate of drug-likeness (QED) is 0.735. The number of nitrogen functional groups attached to an aromatic ring is 1. The third-order valence-electron chi connectivity index (χ3n) is 3.17. The number of anilines is 1. The van der Waals surface area contributed by atoms with E-state index in [-0.39, 0.29) is 0 Å². The largest absolute Gasteiger partial charge is 0.438 e. The van der Waals surface area contributed by atoms with Gasteiger partial charge in [-0.05, 0) is 42.3 Å². The Bertz CT molecular complexity index is 738. The molecule has 0 aliphatic carbocycles. The first-order valence-corrected chi connectivity index (χ1v) is 6.53. The second kappa shape index (κ2) is 5.17. The molecule has 0 bridgehead atoms. The lowest BCUT2D eigenvalue weighted by atomic mass is 10.2. The molecular weight excluding hydrogens is 250 g/mol.